The summed E-state index contributed by atoms with van der Waals surface area (Å²) in [6, 6.07) is 0. The van der Waals surface area contributed by atoms with Gasteiger partial charge in [-0.15, -0.1) is 0 Å². The standard InChI is InChI=1S/C12H23NO4/c1-3-11(5-14-6-11)9-16-13-17-10-12(4-2)7-15-8-12/h13H,3-10H2,1-2H3. The average molecular weight is 245 g/mol. The number of ether oxygens (including phenoxy) is 2. The lowest BCUT2D eigenvalue weighted by Gasteiger charge is -2.41. The Bertz CT molecular complexity index is 204. The Morgan fingerprint density at radius 3 is 1.53 bits per heavy atom. The minimum atomic E-state index is 0.193. The summed E-state index contributed by atoms with van der Waals surface area (Å²) < 4.78 is 10.4. The van der Waals surface area contributed by atoms with Gasteiger partial charge in [-0.1, -0.05) is 19.5 Å². The molecule has 2 heterocycles. The van der Waals surface area contributed by atoms with Crippen LogP contribution < -0.4 is 5.64 Å². The summed E-state index contributed by atoms with van der Waals surface area (Å²) in [7, 11) is 0. The largest absolute Gasteiger partial charge is 0.380 e. The smallest absolute Gasteiger partial charge is 0.0809 e. The van der Waals surface area contributed by atoms with Crippen molar-refractivity contribution in [2.24, 2.45) is 10.8 Å². The number of nitrogens with one attached hydrogen (secondary N) is 1. The molecule has 0 unspecified atom stereocenters. The van der Waals surface area contributed by atoms with E-state index in [1.807, 2.05) is 0 Å². The molecule has 0 radical (unpaired) electrons. The van der Waals surface area contributed by atoms with E-state index in [0.29, 0.717) is 13.2 Å². The van der Waals surface area contributed by atoms with Gasteiger partial charge in [-0.25, -0.2) is 0 Å². The Labute approximate surface area is 103 Å². The molecule has 5 nitrogen and oxygen atoms in total. The van der Waals surface area contributed by atoms with Crippen LogP contribution in [0.15, 0.2) is 0 Å². The van der Waals surface area contributed by atoms with E-state index in [2.05, 4.69) is 19.5 Å². The van der Waals surface area contributed by atoms with Crippen molar-refractivity contribution in [3.8, 4) is 0 Å². The van der Waals surface area contributed by atoms with Gasteiger partial charge in [0.05, 0.1) is 39.6 Å². The molecule has 5 heteroatoms. The van der Waals surface area contributed by atoms with Gasteiger partial charge in [-0.3, -0.25) is 9.68 Å². The maximum absolute atomic E-state index is 5.35. The van der Waals surface area contributed by atoms with Crippen LogP contribution in [0, 0.1) is 10.8 Å². The predicted octanol–water partition coefficient (Wildman–Crippen LogP) is 1.29. The van der Waals surface area contributed by atoms with Gasteiger partial charge in [0.15, 0.2) is 0 Å². The monoisotopic (exact) mass is 245 g/mol. The summed E-state index contributed by atoms with van der Waals surface area (Å²) in [5.74, 6) is 0. The van der Waals surface area contributed by atoms with E-state index in [1.165, 1.54) is 0 Å². The fourth-order valence-electron chi connectivity index (χ4n) is 1.97. The first-order valence-corrected chi connectivity index (χ1v) is 6.38. The molecule has 0 saturated carbocycles. The Kier molecular flexibility index (Phi) is 4.38. The van der Waals surface area contributed by atoms with E-state index in [9.17, 15) is 0 Å². The Hall–Kier alpha value is -0.200. The van der Waals surface area contributed by atoms with Crippen LogP contribution in [0.3, 0.4) is 0 Å². The van der Waals surface area contributed by atoms with E-state index < -0.39 is 0 Å². The summed E-state index contributed by atoms with van der Waals surface area (Å²) in [5.41, 5.74) is 2.98. The molecule has 2 saturated heterocycles. The highest BCUT2D eigenvalue weighted by molar-refractivity contribution is 4.84. The molecule has 0 amide bonds. The molecular weight excluding hydrogens is 222 g/mol. The van der Waals surface area contributed by atoms with Crippen LogP contribution in [0.4, 0.5) is 0 Å². The lowest BCUT2D eigenvalue weighted by Crippen LogP contribution is -2.48. The van der Waals surface area contributed by atoms with Crippen LogP contribution in [0.25, 0.3) is 0 Å². The van der Waals surface area contributed by atoms with Crippen molar-refractivity contribution in [3.63, 3.8) is 0 Å². The topological polar surface area (TPSA) is 49.0 Å². The van der Waals surface area contributed by atoms with Crippen LogP contribution in [-0.4, -0.2) is 39.6 Å². The molecule has 0 bridgehead atoms. The van der Waals surface area contributed by atoms with Gasteiger partial charge in [-0.2, -0.15) is 0 Å². The van der Waals surface area contributed by atoms with E-state index in [0.717, 1.165) is 39.3 Å². The fraction of sp³-hybridized carbons (Fsp3) is 1.00. The summed E-state index contributed by atoms with van der Waals surface area (Å²) in [6.45, 7) is 8.75. The van der Waals surface area contributed by atoms with E-state index in [4.69, 9.17) is 19.1 Å². The van der Waals surface area contributed by atoms with E-state index in [1.54, 1.807) is 0 Å². The molecule has 1 N–H and O–H groups in total. The van der Waals surface area contributed by atoms with Gasteiger partial charge in [0, 0.05) is 10.8 Å². The van der Waals surface area contributed by atoms with Crippen molar-refractivity contribution in [1.82, 2.24) is 5.64 Å². The van der Waals surface area contributed by atoms with Crippen molar-refractivity contribution in [2.75, 3.05) is 39.6 Å². The van der Waals surface area contributed by atoms with Gasteiger partial charge < -0.3 is 9.47 Å². The van der Waals surface area contributed by atoms with Crippen molar-refractivity contribution in [1.29, 1.82) is 0 Å². The molecule has 0 aromatic rings. The lowest BCUT2D eigenvalue weighted by molar-refractivity contribution is -0.252. The molecule has 2 fully saturated rings. The first-order chi connectivity index (χ1) is 8.24. The summed E-state index contributed by atoms with van der Waals surface area (Å²) in [6.07, 6.45) is 2.14. The van der Waals surface area contributed by atoms with Gasteiger partial charge in [0.2, 0.25) is 0 Å². The third-order valence-corrected chi connectivity index (χ3v) is 4.01. The van der Waals surface area contributed by atoms with Crippen molar-refractivity contribution >= 4 is 0 Å². The molecule has 0 atom stereocenters. The third kappa shape index (κ3) is 2.98. The molecule has 100 valence electrons. The van der Waals surface area contributed by atoms with Gasteiger partial charge in [-0.05, 0) is 12.8 Å². The van der Waals surface area contributed by atoms with Gasteiger partial charge >= 0.3 is 0 Å². The summed E-state index contributed by atoms with van der Waals surface area (Å²) in [4.78, 5) is 10.7. The van der Waals surface area contributed by atoms with Crippen LogP contribution in [0.1, 0.15) is 26.7 Å². The van der Waals surface area contributed by atoms with Crippen molar-refractivity contribution in [2.45, 2.75) is 26.7 Å². The van der Waals surface area contributed by atoms with Gasteiger partial charge in [0.25, 0.3) is 0 Å². The van der Waals surface area contributed by atoms with Crippen molar-refractivity contribution < 1.29 is 19.1 Å². The zero-order chi connectivity index (χ0) is 12.2. The van der Waals surface area contributed by atoms with Crippen LogP contribution in [-0.2, 0) is 19.1 Å². The van der Waals surface area contributed by atoms with Crippen LogP contribution >= 0.6 is 0 Å². The summed E-state index contributed by atoms with van der Waals surface area (Å²) >= 11 is 0. The Balaban J connectivity index is 1.54. The average Bonchev–Trinajstić information content (AvgIpc) is 2.24. The molecular formula is C12H23NO4. The SMILES string of the molecule is CCC1(CONOCC2(CC)COC2)COC1. The molecule has 2 aliphatic heterocycles. The second-order valence-electron chi connectivity index (χ2n) is 5.35. The predicted molar refractivity (Wildman–Crippen MR) is 62.1 cm³/mol. The fourth-order valence-corrected chi connectivity index (χ4v) is 1.97. The molecule has 0 spiro atoms. The molecule has 0 aliphatic carbocycles. The highest BCUT2D eigenvalue weighted by atomic mass is 16.9. The normalized spacial score (nSPS) is 25.1. The van der Waals surface area contributed by atoms with Crippen molar-refractivity contribution in [3.05, 3.63) is 0 Å². The molecule has 17 heavy (non-hydrogen) atoms. The van der Waals surface area contributed by atoms with Crippen LogP contribution in [0.5, 0.6) is 0 Å². The molecule has 2 aliphatic rings. The Morgan fingerprint density at radius 1 is 0.882 bits per heavy atom. The zero-order valence-corrected chi connectivity index (χ0v) is 10.8. The number of hydrogen-bond donors (Lipinski definition) is 1. The minimum Gasteiger partial charge on any atom is -0.380 e. The highest BCUT2D eigenvalue weighted by Gasteiger charge is 2.38. The van der Waals surface area contributed by atoms with Crippen LogP contribution in [0.2, 0.25) is 0 Å². The maximum Gasteiger partial charge on any atom is 0.0809 e. The number of rotatable bonds is 8. The second kappa shape index (κ2) is 5.63. The first-order valence-electron chi connectivity index (χ1n) is 6.38. The highest BCUT2D eigenvalue weighted by Crippen LogP contribution is 2.32. The van der Waals surface area contributed by atoms with E-state index >= 15 is 0 Å². The molecule has 0 aromatic heterocycles. The second-order valence-corrected chi connectivity index (χ2v) is 5.35. The summed E-state index contributed by atoms with van der Waals surface area (Å²) in [5, 5.41) is 0. The lowest BCUT2D eigenvalue weighted by atomic mass is 9.84. The van der Waals surface area contributed by atoms with E-state index in [-0.39, 0.29) is 10.8 Å². The molecule has 0 aromatic carbocycles. The maximum atomic E-state index is 5.35. The third-order valence-electron chi connectivity index (χ3n) is 4.01. The van der Waals surface area contributed by atoms with Gasteiger partial charge in [0.1, 0.15) is 0 Å². The number of hydrogen-bond acceptors (Lipinski definition) is 5. The quantitative estimate of drug-likeness (QED) is 0.516. The zero-order valence-electron chi connectivity index (χ0n) is 10.8. The Morgan fingerprint density at radius 2 is 1.29 bits per heavy atom. The minimum absolute atomic E-state index is 0.193. The molecule has 2 rings (SSSR count). The first kappa shape index (κ1) is 13.2.